The van der Waals surface area contributed by atoms with Crippen molar-refractivity contribution in [1.29, 1.82) is 0 Å². The van der Waals surface area contributed by atoms with E-state index in [-0.39, 0.29) is 18.1 Å². The molecule has 0 spiro atoms. The van der Waals surface area contributed by atoms with Crippen molar-refractivity contribution in [2.75, 3.05) is 60.4 Å². The van der Waals surface area contributed by atoms with Gasteiger partial charge in [-0.3, -0.25) is 14.5 Å². The molecule has 1 N–H and O–H groups in total. The van der Waals surface area contributed by atoms with E-state index in [2.05, 4.69) is 4.90 Å². The number of ether oxygens (including phenoxy) is 5. The summed E-state index contributed by atoms with van der Waals surface area (Å²) in [6.45, 7) is 4.18. The predicted molar refractivity (Wildman–Crippen MR) is 133 cm³/mol. The number of methoxy groups -OCH3 is 2. The average molecular weight is 511 g/mol. The number of carbonyl (C=O) groups is 2. The molecule has 0 bridgehead atoms. The van der Waals surface area contributed by atoms with Crippen LogP contribution in [0.5, 0.6) is 23.0 Å². The molecular formula is C27H30N2O8. The fourth-order valence-electron chi connectivity index (χ4n) is 4.98. The highest BCUT2D eigenvalue weighted by atomic mass is 16.7. The van der Waals surface area contributed by atoms with Gasteiger partial charge < -0.3 is 33.7 Å². The Bertz CT molecular complexity index is 1220. The topological polar surface area (TPSA) is 107 Å². The number of aliphatic hydroxyl groups is 1. The molecule has 0 aliphatic carbocycles. The van der Waals surface area contributed by atoms with E-state index in [1.165, 1.54) is 19.1 Å². The first-order valence-corrected chi connectivity index (χ1v) is 12.2. The number of amides is 1. The van der Waals surface area contributed by atoms with E-state index in [4.69, 9.17) is 23.7 Å². The van der Waals surface area contributed by atoms with Gasteiger partial charge in [0.2, 0.25) is 6.79 Å². The first kappa shape index (κ1) is 24.9. The van der Waals surface area contributed by atoms with Gasteiger partial charge in [-0.2, -0.15) is 0 Å². The second-order valence-corrected chi connectivity index (χ2v) is 8.98. The van der Waals surface area contributed by atoms with Crippen LogP contribution in [0.25, 0.3) is 5.76 Å². The summed E-state index contributed by atoms with van der Waals surface area (Å²) in [5, 5.41) is 11.4. The number of hydrogen-bond acceptors (Lipinski definition) is 9. The first-order valence-electron chi connectivity index (χ1n) is 12.2. The minimum atomic E-state index is -0.861. The molecule has 0 aromatic heterocycles. The van der Waals surface area contributed by atoms with E-state index >= 15 is 0 Å². The van der Waals surface area contributed by atoms with Crippen molar-refractivity contribution >= 4 is 17.4 Å². The number of morpholine rings is 1. The summed E-state index contributed by atoms with van der Waals surface area (Å²) in [5.41, 5.74) is 0.888. The molecule has 10 heteroatoms. The second kappa shape index (κ2) is 10.7. The number of benzene rings is 2. The van der Waals surface area contributed by atoms with Gasteiger partial charge in [0.25, 0.3) is 11.7 Å². The molecule has 5 rings (SSSR count). The van der Waals surface area contributed by atoms with Crippen LogP contribution in [0.2, 0.25) is 0 Å². The number of Topliss-reactive ketones (excluding diaryl/α,β-unsaturated/α-hetero) is 1. The molecule has 0 saturated carbocycles. The second-order valence-electron chi connectivity index (χ2n) is 8.98. The number of rotatable bonds is 8. The zero-order valence-electron chi connectivity index (χ0n) is 20.9. The number of hydrogen-bond donors (Lipinski definition) is 1. The summed E-state index contributed by atoms with van der Waals surface area (Å²) in [6.07, 6.45) is 0.653. The Morgan fingerprint density at radius 3 is 2.54 bits per heavy atom. The molecular weight excluding hydrogens is 480 g/mol. The van der Waals surface area contributed by atoms with E-state index in [9.17, 15) is 14.7 Å². The Morgan fingerprint density at radius 2 is 1.78 bits per heavy atom. The lowest BCUT2D eigenvalue weighted by atomic mass is 9.94. The van der Waals surface area contributed by atoms with Crippen LogP contribution < -0.4 is 18.9 Å². The molecule has 2 saturated heterocycles. The fourth-order valence-corrected chi connectivity index (χ4v) is 4.98. The number of carbonyl (C=O) groups excluding carboxylic acids is 2. The summed E-state index contributed by atoms with van der Waals surface area (Å²) in [7, 11) is 3.06. The summed E-state index contributed by atoms with van der Waals surface area (Å²) in [6, 6.07) is 9.24. The molecule has 3 aliphatic rings. The van der Waals surface area contributed by atoms with Crippen molar-refractivity contribution in [3.8, 4) is 23.0 Å². The van der Waals surface area contributed by atoms with Gasteiger partial charge >= 0.3 is 0 Å². The van der Waals surface area contributed by atoms with E-state index < -0.39 is 17.7 Å². The Hall–Kier alpha value is -3.76. The third-order valence-electron chi connectivity index (χ3n) is 6.89. The average Bonchev–Trinajstić information content (AvgIpc) is 3.50. The van der Waals surface area contributed by atoms with Gasteiger partial charge in [0.1, 0.15) is 17.3 Å². The third kappa shape index (κ3) is 4.82. The molecule has 1 unspecified atom stereocenters. The molecule has 2 aromatic carbocycles. The van der Waals surface area contributed by atoms with Crippen LogP contribution in [0.3, 0.4) is 0 Å². The molecule has 37 heavy (non-hydrogen) atoms. The monoisotopic (exact) mass is 510 g/mol. The van der Waals surface area contributed by atoms with Crippen LogP contribution >= 0.6 is 0 Å². The smallest absolute Gasteiger partial charge is 0.295 e. The standard InChI is InChI=1S/C27H30N2O8/c1-33-18-5-7-20(34-2)19(15-18)24-23(25(30)17-4-6-21-22(14-17)37-16-36-21)26(31)27(32)29(24)9-3-8-28-10-12-35-13-11-28/h4-7,14-15,24,30H,3,8-13,16H2,1-2H3/b25-23+. The zero-order chi connectivity index (χ0) is 25.9. The lowest BCUT2D eigenvalue weighted by Gasteiger charge is -2.29. The zero-order valence-corrected chi connectivity index (χ0v) is 20.9. The van der Waals surface area contributed by atoms with Crippen molar-refractivity contribution in [1.82, 2.24) is 9.80 Å². The lowest BCUT2D eigenvalue weighted by molar-refractivity contribution is -0.140. The molecule has 1 atom stereocenters. The molecule has 1 amide bonds. The van der Waals surface area contributed by atoms with Gasteiger partial charge in [-0.05, 0) is 42.8 Å². The van der Waals surface area contributed by atoms with Crippen molar-refractivity contribution in [3.63, 3.8) is 0 Å². The van der Waals surface area contributed by atoms with Crippen LogP contribution in [0, 0.1) is 0 Å². The largest absolute Gasteiger partial charge is 0.507 e. The summed E-state index contributed by atoms with van der Waals surface area (Å²) in [4.78, 5) is 30.5. The highest BCUT2D eigenvalue weighted by Crippen LogP contribution is 2.45. The van der Waals surface area contributed by atoms with Gasteiger partial charge in [-0.15, -0.1) is 0 Å². The minimum absolute atomic E-state index is 0.0122. The highest BCUT2D eigenvalue weighted by molar-refractivity contribution is 6.46. The molecule has 3 aliphatic heterocycles. The van der Waals surface area contributed by atoms with E-state index in [0.717, 1.165) is 19.6 Å². The maximum Gasteiger partial charge on any atom is 0.295 e. The quantitative estimate of drug-likeness (QED) is 0.326. The molecule has 0 radical (unpaired) electrons. The Labute approximate surface area is 214 Å². The molecule has 10 nitrogen and oxygen atoms in total. The van der Waals surface area contributed by atoms with Gasteiger partial charge in [0.05, 0.1) is 39.0 Å². The predicted octanol–water partition coefficient (Wildman–Crippen LogP) is 2.58. The molecule has 2 aromatic rings. The van der Waals surface area contributed by atoms with Crippen LogP contribution in [0.15, 0.2) is 42.0 Å². The van der Waals surface area contributed by atoms with Gasteiger partial charge in [-0.1, -0.05) is 0 Å². The Balaban J connectivity index is 1.55. The first-order chi connectivity index (χ1) is 18.0. The van der Waals surface area contributed by atoms with Crippen LogP contribution in [-0.4, -0.2) is 87.0 Å². The minimum Gasteiger partial charge on any atom is -0.507 e. The molecule has 196 valence electrons. The normalized spacial score (nSPS) is 20.9. The number of fused-ring (bicyclic) bond motifs is 1. The van der Waals surface area contributed by atoms with E-state index in [1.807, 2.05) is 0 Å². The van der Waals surface area contributed by atoms with E-state index in [0.29, 0.717) is 60.3 Å². The van der Waals surface area contributed by atoms with E-state index in [1.54, 1.807) is 36.4 Å². The van der Waals surface area contributed by atoms with Crippen molar-refractivity contribution in [2.24, 2.45) is 0 Å². The molecule has 3 heterocycles. The highest BCUT2D eigenvalue weighted by Gasteiger charge is 2.47. The van der Waals surface area contributed by atoms with Gasteiger partial charge in [0.15, 0.2) is 11.5 Å². The van der Waals surface area contributed by atoms with Crippen molar-refractivity contribution in [2.45, 2.75) is 12.5 Å². The number of ketones is 1. The maximum absolute atomic E-state index is 13.4. The van der Waals surface area contributed by atoms with Crippen molar-refractivity contribution in [3.05, 3.63) is 53.1 Å². The fraction of sp³-hybridized carbons (Fsp3) is 0.407. The third-order valence-corrected chi connectivity index (χ3v) is 6.89. The SMILES string of the molecule is COc1ccc(OC)c(C2/C(=C(\O)c3ccc4c(c3)OCO4)C(=O)C(=O)N2CCCN2CCOCC2)c1. The Kier molecular flexibility index (Phi) is 7.20. The van der Waals surface area contributed by atoms with Crippen molar-refractivity contribution < 1.29 is 38.4 Å². The van der Waals surface area contributed by atoms with Gasteiger partial charge in [-0.25, -0.2) is 0 Å². The summed E-state index contributed by atoms with van der Waals surface area (Å²) < 4.78 is 27.2. The van der Waals surface area contributed by atoms with Crippen LogP contribution in [-0.2, 0) is 14.3 Å². The molecule has 2 fully saturated rings. The van der Waals surface area contributed by atoms with Gasteiger partial charge in [0, 0.05) is 37.3 Å². The summed E-state index contributed by atoms with van der Waals surface area (Å²) >= 11 is 0. The maximum atomic E-state index is 13.4. The lowest BCUT2D eigenvalue weighted by Crippen LogP contribution is -2.39. The summed E-state index contributed by atoms with van der Waals surface area (Å²) in [5.74, 6) is 0.309. The number of nitrogens with zero attached hydrogens (tertiary/aromatic N) is 2. The Morgan fingerprint density at radius 1 is 1.00 bits per heavy atom. The number of aliphatic hydroxyl groups excluding tert-OH is 1. The van der Waals surface area contributed by atoms with Crippen LogP contribution in [0.4, 0.5) is 0 Å². The number of likely N-dealkylation sites (tertiary alicyclic amines) is 1. The van der Waals surface area contributed by atoms with Crippen LogP contribution in [0.1, 0.15) is 23.6 Å².